The van der Waals surface area contributed by atoms with Gasteiger partial charge in [0.25, 0.3) is 7.82 Å². The standard InChI is InChI=1S/C52H85N2O6P/c1-6-8-10-12-13-14-15-16-17-18-19-20-21-22-23-24-25-26-27-28-29-30-31-32-33-34-35-36-37-38-39-40-41-42-44-46-52(56)53-50(51(55)45-43-11-9-7-2)49-60-61(57,58)59-48-47-54(3,4)5/h8,10,13-14,16-17,19-20,22-23,25-26,28-29,31-32,34-35,37-38,43,45,50-51,55H,6-7,9,11-12,15,18,21,24,27,30,33,36,39-42,44,46-49H2,1-5H3,(H-,53,56,57,58)/b10-8-,14-13-,17-16-,20-19-,23-22-,26-25-,29-28-,32-31-,35-34-,38-37-,45-43+. The van der Waals surface area contributed by atoms with Crippen LogP contribution in [0.4, 0.5) is 0 Å². The van der Waals surface area contributed by atoms with Crippen LogP contribution in [0.3, 0.4) is 0 Å². The molecule has 0 aliphatic rings. The van der Waals surface area contributed by atoms with Gasteiger partial charge >= 0.3 is 0 Å². The van der Waals surface area contributed by atoms with Crippen molar-refractivity contribution in [3.8, 4) is 0 Å². The van der Waals surface area contributed by atoms with E-state index in [0.29, 0.717) is 17.4 Å². The highest BCUT2D eigenvalue weighted by atomic mass is 31.2. The average Bonchev–Trinajstić information content (AvgIpc) is 3.21. The molecule has 3 atom stereocenters. The van der Waals surface area contributed by atoms with Crippen LogP contribution < -0.4 is 10.2 Å². The summed E-state index contributed by atoms with van der Waals surface area (Å²) in [5.74, 6) is -0.240. The van der Waals surface area contributed by atoms with Crippen LogP contribution in [0, 0.1) is 0 Å². The van der Waals surface area contributed by atoms with E-state index in [1.54, 1.807) is 6.08 Å². The SMILES string of the molecule is CC/C=C\C/C=C\C/C=C\C/C=C\C/C=C\C/C=C\C/C=C\C/C=C\C/C=C\C/C=C\CCCCCCC(=O)NC(COP(=O)([O-])OCC[N+](C)(C)C)C(O)/C=C/CCCC. The summed E-state index contributed by atoms with van der Waals surface area (Å²) in [7, 11) is 1.21. The number of carbonyl (C=O) groups is 1. The topological polar surface area (TPSA) is 108 Å². The van der Waals surface area contributed by atoms with E-state index in [2.05, 4.69) is 141 Å². The molecule has 2 N–H and O–H groups in total. The highest BCUT2D eigenvalue weighted by Crippen LogP contribution is 2.38. The Kier molecular flexibility index (Phi) is 39.7. The summed E-state index contributed by atoms with van der Waals surface area (Å²) in [6.45, 7) is 4.30. The monoisotopic (exact) mass is 865 g/mol. The zero-order valence-electron chi connectivity index (χ0n) is 38.8. The minimum Gasteiger partial charge on any atom is -0.756 e. The molecule has 0 aliphatic carbocycles. The van der Waals surface area contributed by atoms with E-state index >= 15 is 0 Å². The molecule has 0 aromatic carbocycles. The van der Waals surface area contributed by atoms with E-state index in [0.717, 1.165) is 116 Å². The van der Waals surface area contributed by atoms with E-state index < -0.39 is 26.6 Å². The smallest absolute Gasteiger partial charge is 0.268 e. The first-order valence-corrected chi connectivity index (χ1v) is 24.5. The summed E-state index contributed by atoms with van der Waals surface area (Å²) in [5, 5.41) is 13.5. The maximum absolute atomic E-state index is 12.7. The molecule has 8 nitrogen and oxygen atoms in total. The molecule has 0 spiro atoms. The van der Waals surface area contributed by atoms with Gasteiger partial charge in [-0.2, -0.15) is 0 Å². The van der Waals surface area contributed by atoms with Crippen LogP contribution in [0.1, 0.15) is 136 Å². The number of aliphatic hydroxyl groups is 1. The number of amides is 1. The van der Waals surface area contributed by atoms with Gasteiger partial charge in [-0.3, -0.25) is 9.36 Å². The fourth-order valence-electron chi connectivity index (χ4n) is 5.46. The third kappa shape index (κ3) is 44.5. The normalized spacial score (nSPS) is 15.5. The first-order valence-electron chi connectivity index (χ1n) is 23.0. The number of aliphatic hydroxyl groups excluding tert-OH is 1. The van der Waals surface area contributed by atoms with Crippen LogP contribution in [0.15, 0.2) is 134 Å². The van der Waals surface area contributed by atoms with Crippen molar-refractivity contribution in [3.05, 3.63) is 134 Å². The number of phosphoric acid groups is 1. The van der Waals surface area contributed by atoms with Gasteiger partial charge in [0.1, 0.15) is 13.2 Å². The lowest BCUT2D eigenvalue weighted by molar-refractivity contribution is -0.870. The highest BCUT2D eigenvalue weighted by Gasteiger charge is 2.23. The van der Waals surface area contributed by atoms with E-state index in [9.17, 15) is 19.4 Å². The van der Waals surface area contributed by atoms with Gasteiger partial charge in [0.2, 0.25) is 5.91 Å². The van der Waals surface area contributed by atoms with Crippen molar-refractivity contribution >= 4 is 13.7 Å². The van der Waals surface area contributed by atoms with Crippen molar-refractivity contribution in [2.75, 3.05) is 40.9 Å². The van der Waals surface area contributed by atoms with Crippen LogP contribution in [-0.2, 0) is 18.4 Å². The summed E-state index contributed by atoms with van der Waals surface area (Å²) in [6, 6.07) is -0.905. The fraction of sp³-hybridized carbons (Fsp3) is 0.558. The molecule has 0 fully saturated rings. The van der Waals surface area contributed by atoms with E-state index in [1.165, 1.54) is 0 Å². The van der Waals surface area contributed by atoms with Crippen molar-refractivity contribution in [2.45, 2.75) is 148 Å². The second-order valence-corrected chi connectivity index (χ2v) is 17.4. The molecule has 61 heavy (non-hydrogen) atoms. The Bertz CT molecular complexity index is 1440. The minimum atomic E-state index is -4.58. The second kappa shape index (κ2) is 42.0. The molecule has 0 heterocycles. The van der Waals surface area contributed by atoms with Crippen molar-refractivity contribution in [2.24, 2.45) is 0 Å². The molecule has 1 amide bonds. The first-order chi connectivity index (χ1) is 29.5. The number of quaternary nitrogens is 1. The predicted molar refractivity (Wildman–Crippen MR) is 260 cm³/mol. The van der Waals surface area contributed by atoms with Crippen LogP contribution in [0.5, 0.6) is 0 Å². The lowest BCUT2D eigenvalue weighted by Gasteiger charge is -2.29. The predicted octanol–water partition coefficient (Wildman–Crippen LogP) is 12.6. The molecule has 0 saturated carbocycles. The maximum Gasteiger partial charge on any atom is 0.268 e. The number of nitrogens with zero attached hydrogens (tertiary/aromatic N) is 1. The molecule has 0 bridgehead atoms. The molecule has 3 unspecified atom stereocenters. The fourth-order valence-corrected chi connectivity index (χ4v) is 6.18. The summed E-state index contributed by atoms with van der Waals surface area (Å²) in [6.07, 6.45) is 64.4. The largest absolute Gasteiger partial charge is 0.756 e. The summed E-state index contributed by atoms with van der Waals surface area (Å²) >= 11 is 0. The van der Waals surface area contributed by atoms with Crippen LogP contribution >= 0.6 is 7.82 Å². The molecule has 0 radical (unpaired) electrons. The molecular formula is C52H85N2O6P. The molecule has 0 aliphatic heterocycles. The average molecular weight is 865 g/mol. The molecule has 0 aromatic rings. The lowest BCUT2D eigenvalue weighted by atomic mass is 10.1. The molecule has 0 saturated heterocycles. The van der Waals surface area contributed by atoms with Crippen LogP contribution in [-0.4, -0.2) is 68.5 Å². The van der Waals surface area contributed by atoms with Crippen LogP contribution in [0.2, 0.25) is 0 Å². The highest BCUT2D eigenvalue weighted by molar-refractivity contribution is 7.45. The third-order valence-electron chi connectivity index (χ3n) is 9.12. The number of likely N-dealkylation sites (N-methyl/N-ethyl adjacent to an activating group) is 1. The zero-order chi connectivity index (χ0) is 45.0. The summed E-state index contributed by atoms with van der Waals surface area (Å²) in [5.41, 5.74) is 0. The Morgan fingerprint density at radius 3 is 1.43 bits per heavy atom. The molecule has 344 valence electrons. The Labute approximate surface area is 373 Å². The Morgan fingerprint density at radius 1 is 0.590 bits per heavy atom. The van der Waals surface area contributed by atoms with Crippen molar-refractivity contribution in [3.63, 3.8) is 0 Å². The maximum atomic E-state index is 12.7. The summed E-state index contributed by atoms with van der Waals surface area (Å²) in [4.78, 5) is 25.0. The van der Waals surface area contributed by atoms with E-state index in [-0.39, 0.29) is 12.5 Å². The zero-order valence-corrected chi connectivity index (χ0v) is 39.7. The number of unbranched alkanes of at least 4 members (excludes halogenated alkanes) is 6. The third-order valence-corrected chi connectivity index (χ3v) is 10.1. The minimum absolute atomic E-state index is 0.0157. The quantitative estimate of drug-likeness (QED) is 0.0276. The number of phosphoric ester groups is 1. The number of hydrogen-bond acceptors (Lipinski definition) is 6. The number of carbonyl (C=O) groups excluding carboxylic acids is 1. The van der Waals surface area contributed by atoms with Gasteiger partial charge in [0.05, 0.1) is 39.9 Å². The van der Waals surface area contributed by atoms with Crippen molar-refractivity contribution in [1.29, 1.82) is 0 Å². The molecular weight excluding hydrogens is 780 g/mol. The van der Waals surface area contributed by atoms with Gasteiger partial charge in [-0.05, 0) is 89.9 Å². The molecule has 0 aromatic heterocycles. The van der Waals surface area contributed by atoms with Gasteiger partial charge in [-0.25, -0.2) is 0 Å². The number of nitrogens with one attached hydrogen (secondary N) is 1. The van der Waals surface area contributed by atoms with Gasteiger partial charge in [-0.1, -0.05) is 173 Å². The first kappa shape index (κ1) is 57.6. The van der Waals surface area contributed by atoms with Gasteiger partial charge in [0, 0.05) is 6.42 Å². The Balaban J connectivity index is 4.07. The molecule has 9 heteroatoms. The number of rotatable bonds is 39. The van der Waals surface area contributed by atoms with E-state index in [1.807, 2.05) is 27.2 Å². The van der Waals surface area contributed by atoms with Crippen molar-refractivity contribution in [1.82, 2.24) is 5.32 Å². The van der Waals surface area contributed by atoms with Gasteiger partial charge < -0.3 is 28.8 Å². The van der Waals surface area contributed by atoms with Gasteiger partial charge in [-0.15, -0.1) is 0 Å². The second-order valence-electron chi connectivity index (χ2n) is 16.0. The summed E-state index contributed by atoms with van der Waals surface area (Å²) < 4.78 is 22.9. The van der Waals surface area contributed by atoms with Crippen molar-refractivity contribution < 1.29 is 32.9 Å². The Hall–Kier alpha value is -3.36. The van der Waals surface area contributed by atoms with E-state index in [4.69, 9.17) is 9.05 Å². The van der Waals surface area contributed by atoms with Crippen LogP contribution in [0.25, 0.3) is 0 Å². The number of allylic oxidation sites excluding steroid dienone is 21. The lowest BCUT2D eigenvalue weighted by Crippen LogP contribution is -2.45. The number of hydrogen-bond donors (Lipinski definition) is 2. The van der Waals surface area contributed by atoms with Gasteiger partial charge in [0.15, 0.2) is 0 Å². The molecule has 0 rings (SSSR count). The Morgan fingerprint density at radius 2 is 1.00 bits per heavy atom.